The molecular weight excluding hydrogens is 549 g/mol. The van der Waals surface area contributed by atoms with Gasteiger partial charge in [-0.2, -0.15) is 0 Å². The largest absolute Gasteiger partial charge is 0.345 e. The summed E-state index contributed by atoms with van der Waals surface area (Å²) in [6, 6.07) is 10.5. The highest BCUT2D eigenvalue weighted by molar-refractivity contribution is 9.10. The van der Waals surface area contributed by atoms with E-state index in [0.717, 1.165) is 15.7 Å². The van der Waals surface area contributed by atoms with E-state index in [1.807, 2.05) is 18.2 Å². The molecule has 3 rings (SSSR count). The molecular formula is C22H22BrCl2N5O2S. The second-order valence-corrected chi connectivity index (χ2v) is 10.2. The fourth-order valence-electron chi connectivity index (χ4n) is 2.96. The fraction of sp³-hybridized carbons (Fsp3) is 0.273. The third-order valence-electron chi connectivity index (χ3n) is 4.76. The lowest BCUT2D eigenvalue weighted by atomic mass is 10.0. The molecule has 0 atom stereocenters. The van der Waals surface area contributed by atoms with Crippen LogP contribution in [0.1, 0.15) is 41.5 Å². The Labute approximate surface area is 214 Å². The number of amides is 2. The summed E-state index contributed by atoms with van der Waals surface area (Å²) in [5.41, 5.74) is 2.25. The smallest absolute Gasteiger partial charge is 0.251 e. The van der Waals surface area contributed by atoms with Crippen molar-refractivity contribution in [2.45, 2.75) is 31.5 Å². The lowest BCUT2D eigenvalue weighted by Gasteiger charge is -2.14. The number of rotatable bonds is 8. The second-order valence-electron chi connectivity index (χ2n) is 7.49. The van der Waals surface area contributed by atoms with Crippen molar-refractivity contribution in [2.75, 3.05) is 11.1 Å². The van der Waals surface area contributed by atoms with Gasteiger partial charge in [-0.25, -0.2) is 0 Å². The number of anilines is 1. The maximum atomic E-state index is 12.5. The van der Waals surface area contributed by atoms with Crippen LogP contribution in [0.4, 0.5) is 5.69 Å². The molecule has 1 heterocycles. The van der Waals surface area contributed by atoms with E-state index >= 15 is 0 Å². The molecule has 33 heavy (non-hydrogen) atoms. The summed E-state index contributed by atoms with van der Waals surface area (Å²) >= 11 is 16.6. The van der Waals surface area contributed by atoms with Crippen molar-refractivity contribution < 1.29 is 9.59 Å². The molecule has 0 bridgehead atoms. The molecule has 0 fully saturated rings. The first-order chi connectivity index (χ1) is 15.7. The van der Waals surface area contributed by atoms with Crippen LogP contribution in [-0.4, -0.2) is 32.3 Å². The molecule has 0 radical (unpaired) electrons. The molecule has 2 amide bonds. The van der Waals surface area contributed by atoms with Crippen molar-refractivity contribution >= 4 is 68.4 Å². The Kier molecular flexibility index (Phi) is 8.81. The average Bonchev–Trinajstić information content (AvgIpc) is 3.13. The Balaban J connectivity index is 1.56. The molecule has 3 aromatic rings. The zero-order chi connectivity index (χ0) is 24.1. The molecule has 0 saturated carbocycles. The van der Waals surface area contributed by atoms with Crippen LogP contribution in [0.3, 0.4) is 0 Å². The predicted octanol–water partition coefficient (Wildman–Crippen LogP) is 5.67. The SMILES string of the molecule is CC(C)c1cc(Br)ccc1NC(=O)CSc1nnc(CNC(=O)c2ccc(Cl)c(Cl)c2)n1C. The van der Waals surface area contributed by atoms with Crippen LogP contribution in [-0.2, 0) is 18.4 Å². The van der Waals surface area contributed by atoms with Crippen LogP contribution in [0.15, 0.2) is 46.0 Å². The van der Waals surface area contributed by atoms with Crippen molar-refractivity contribution in [3.63, 3.8) is 0 Å². The number of benzene rings is 2. The van der Waals surface area contributed by atoms with Gasteiger partial charge in [-0.05, 0) is 47.9 Å². The summed E-state index contributed by atoms with van der Waals surface area (Å²) < 4.78 is 2.71. The summed E-state index contributed by atoms with van der Waals surface area (Å²) in [4.78, 5) is 24.9. The lowest BCUT2D eigenvalue weighted by molar-refractivity contribution is -0.113. The molecule has 0 aliphatic rings. The summed E-state index contributed by atoms with van der Waals surface area (Å²) in [6.45, 7) is 4.33. The van der Waals surface area contributed by atoms with Crippen molar-refractivity contribution in [1.82, 2.24) is 20.1 Å². The van der Waals surface area contributed by atoms with Crippen LogP contribution in [0.5, 0.6) is 0 Å². The molecule has 0 aliphatic carbocycles. The topological polar surface area (TPSA) is 88.9 Å². The Bertz CT molecular complexity index is 1190. The van der Waals surface area contributed by atoms with Gasteiger partial charge in [0.25, 0.3) is 5.91 Å². The van der Waals surface area contributed by atoms with Gasteiger partial charge in [0.15, 0.2) is 11.0 Å². The Morgan fingerprint density at radius 1 is 1.12 bits per heavy atom. The first-order valence-electron chi connectivity index (χ1n) is 9.99. The Hall–Kier alpha value is -2.07. The highest BCUT2D eigenvalue weighted by Crippen LogP contribution is 2.28. The van der Waals surface area contributed by atoms with Gasteiger partial charge in [-0.1, -0.05) is 64.7 Å². The number of nitrogens with one attached hydrogen (secondary N) is 2. The van der Waals surface area contributed by atoms with Crippen molar-refractivity contribution in [3.05, 3.63) is 67.9 Å². The van der Waals surface area contributed by atoms with Crippen LogP contribution in [0.25, 0.3) is 0 Å². The van der Waals surface area contributed by atoms with E-state index in [2.05, 4.69) is 50.6 Å². The number of hydrogen-bond acceptors (Lipinski definition) is 5. The lowest BCUT2D eigenvalue weighted by Crippen LogP contribution is -2.24. The number of carbonyl (C=O) groups is 2. The van der Waals surface area contributed by atoms with Gasteiger partial charge in [0, 0.05) is 22.8 Å². The van der Waals surface area contributed by atoms with Gasteiger partial charge in [0.1, 0.15) is 0 Å². The van der Waals surface area contributed by atoms with E-state index < -0.39 is 0 Å². The summed E-state index contributed by atoms with van der Waals surface area (Å²) in [7, 11) is 1.78. The zero-order valence-electron chi connectivity index (χ0n) is 18.2. The molecule has 0 spiro atoms. The standard InChI is InChI=1S/C22H22BrCl2N5O2S/c1-12(2)15-9-14(23)5-7-18(15)27-20(31)11-33-22-29-28-19(30(22)3)10-26-21(32)13-4-6-16(24)17(25)8-13/h4-9,12H,10-11H2,1-3H3,(H,26,32)(H,27,31). The molecule has 174 valence electrons. The number of halogens is 3. The van der Waals surface area contributed by atoms with E-state index in [1.54, 1.807) is 23.7 Å². The Morgan fingerprint density at radius 2 is 1.88 bits per heavy atom. The Morgan fingerprint density at radius 3 is 2.58 bits per heavy atom. The summed E-state index contributed by atoms with van der Waals surface area (Å²) in [5.74, 6) is 0.560. The minimum Gasteiger partial charge on any atom is -0.345 e. The van der Waals surface area contributed by atoms with Gasteiger partial charge < -0.3 is 15.2 Å². The zero-order valence-corrected chi connectivity index (χ0v) is 22.1. The highest BCUT2D eigenvalue weighted by Gasteiger charge is 2.15. The van der Waals surface area contributed by atoms with Crippen LogP contribution >= 0.6 is 50.9 Å². The third-order valence-corrected chi connectivity index (χ3v) is 7.01. The number of thioether (sulfide) groups is 1. The molecule has 2 aromatic carbocycles. The molecule has 1 aromatic heterocycles. The van der Waals surface area contributed by atoms with Gasteiger partial charge in [-0.15, -0.1) is 10.2 Å². The van der Waals surface area contributed by atoms with Crippen LogP contribution in [0, 0.1) is 0 Å². The van der Waals surface area contributed by atoms with E-state index in [-0.39, 0.29) is 30.0 Å². The second kappa shape index (κ2) is 11.4. The predicted molar refractivity (Wildman–Crippen MR) is 136 cm³/mol. The molecule has 2 N–H and O–H groups in total. The van der Waals surface area contributed by atoms with Crippen molar-refractivity contribution in [3.8, 4) is 0 Å². The minimum atomic E-state index is -0.305. The average molecular weight is 571 g/mol. The third kappa shape index (κ3) is 6.72. The maximum Gasteiger partial charge on any atom is 0.251 e. The van der Waals surface area contributed by atoms with E-state index in [1.165, 1.54) is 17.8 Å². The number of carbonyl (C=O) groups excluding carboxylic acids is 2. The molecule has 0 aliphatic heterocycles. The van der Waals surface area contributed by atoms with E-state index in [9.17, 15) is 9.59 Å². The van der Waals surface area contributed by atoms with Gasteiger partial charge in [0.05, 0.1) is 22.3 Å². The van der Waals surface area contributed by atoms with E-state index in [4.69, 9.17) is 23.2 Å². The van der Waals surface area contributed by atoms with Crippen molar-refractivity contribution in [1.29, 1.82) is 0 Å². The normalized spacial score (nSPS) is 11.0. The summed E-state index contributed by atoms with van der Waals surface area (Å²) in [5, 5.41) is 15.3. The number of nitrogens with zero attached hydrogens (tertiary/aromatic N) is 3. The maximum absolute atomic E-state index is 12.5. The first-order valence-corrected chi connectivity index (χ1v) is 12.5. The van der Waals surface area contributed by atoms with Crippen LogP contribution < -0.4 is 10.6 Å². The first kappa shape index (κ1) is 25.6. The van der Waals surface area contributed by atoms with Crippen molar-refractivity contribution in [2.24, 2.45) is 7.05 Å². The molecule has 11 heteroatoms. The molecule has 7 nitrogen and oxygen atoms in total. The summed E-state index contributed by atoms with van der Waals surface area (Å²) in [6.07, 6.45) is 0. The van der Waals surface area contributed by atoms with Crippen LogP contribution in [0.2, 0.25) is 10.0 Å². The minimum absolute atomic E-state index is 0.137. The molecule has 0 saturated heterocycles. The fourth-order valence-corrected chi connectivity index (χ4v) is 4.37. The number of hydrogen-bond donors (Lipinski definition) is 2. The van der Waals surface area contributed by atoms with E-state index in [0.29, 0.717) is 26.6 Å². The monoisotopic (exact) mass is 569 g/mol. The highest BCUT2D eigenvalue weighted by atomic mass is 79.9. The van der Waals surface area contributed by atoms with Gasteiger partial charge in [0.2, 0.25) is 5.91 Å². The molecule has 0 unspecified atom stereocenters. The van der Waals surface area contributed by atoms with Gasteiger partial charge in [-0.3, -0.25) is 9.59 Å². The number of aromatic nitrogens is 3. The van der Waals surface area contributed by atoms with Gasteiger partial charge >= 0.3 is 0 Å². The quantitative estimate of drug-likeness (QED) is 0.341.